The van der Waals surface area contributed by atoms with Crippen molar-refractivity contribution in [3.05, 3.63) is 65.6 Å². The van der Waals surface area contributed by atoms with Crippen LogP contribution < -0.4 is 5.32 Å². The summed E-state index contributed by atoms with van der Waals surface area (Å²) in [6, 6.07) is 13.9. The summed E-state index contributed by atoms with van der Waals surface area (Å²) in [4.78, 5) is 29.1. The van der Waals surface area contributed by atoms with Crippen molar-refractivity contribution in [2.45, 2.75) is 38.3 Å². The molecule has 9 nitrogen and oxygen atoms in total. The van der Waals surface area contributed by atoms with E-state index in [2.05, 4.69) is 10.3 Å². The number of ether oxygens (including phenoxy) is 1. The van der Waals surface area contributed by atoms with Crippen molar-refractivity contribution < 1.29 is 22.7 Å². The van der Waals surface area contributed by atoms with E-state index in [1.54, 1.807) is 24.3 Å². The summed E-state index contributed by atoms with van der Waals surface area (Å²) < 4.78 is 33.5. The molecule has 180 valence electrons. The molecule has 1 N–H and O–H groups in total. The number of imidazole rings is 1. The molecule has 0 unspecified atom stereocenters. The third-order valence-electron chi connectivity index (χ3n) is 5.00. The van der Waals surface area contributed by atoms with E-state index in [1.807, 2.05) is 29.7 Å². The zero-order chi connectivity index (χ0) is 24.9. The molecule has 34 heavy (non-hydrogen) atoms. The number of rotatable bonds is 9. The lowest BCUT2D eigenvalue weighted by Crippen LogP contribution is -2.26. The highest BCUT2D eigenvalue weighted by Crippen LogP contribution is 2.23. The lowest BCUT2D eigenvalue weighted by molar-refractivity contribution is -0.141. The Balaban J connectivity index is 1.90. The Morgan fingerprint density at radius 1 is 1.15 bits per heavy atom. The Hall–Kier alpha value is -3.50. The number of carbonyl (C=O) groups excluding carboxylic acids is 2. The van der Waals surface area contributed by atoms with Crippen molar-refractivity contribution in [1.82, 2.24) is 19.2 Å². The summed E-state index contributed by atoms with van der Waals surface area (Å²) >= 11 is 0. The van der Waals surface area contributed by atoms with Gasteiger partial charge >= 0.3 is 5.97 Å². The van der Waals surface area contributed by atoms with Crippen LogP contribution >= 0.6 is 0 Å². The van der Waals surface area contributed by atoms with Crippen molar-refractivity contribution in [2.24, 2.45) is 0 Å². The van der Waals surface area contributed by atoms with E-state index in [4.69, 9.17) is 4.74 Å². The van der Waals surface area contributed by atoms with Gasteiger partial charge in [-0.3, -0.25) is 4.79 Å². The standard InChI is InChI=1S/C24H28N4O5S/c1-5-13-28-22-12-11-19(34(31,32)27(3)4)15-20(22)26-23(28)16-33-24(30)21(25-17(2)29)14-18-9-7-6-8-10-18/h6-12,14-15H,5,13,16H2,1-4H3,(H,25,29)/b21-14-. The van der Waals surface area contributed by atoms with Crippen LogP contribution in [0.3, 0.4) is 0 Å². The second kappa shape index (κ2) is 10.6. The molecule has 1 aromatic heterocycles. The molecule has 0 fully saturated rings. The van der Waals surface area contributed by atoms with E-state index in [0.29, 0.717) is 17.9 Å². The molecule has 0 radical (unpaired) electrons. The van der Waals surface area contributed by atoms with Crippen LogP contribution in [0.15, 0.2) is 59.1 Å². The number of nitrogens with one attached hydrogen (secondary N) is 1. The van der Waals surface area contributed by atoms with E-state index in [-0.39, 0.29) is 17.2 Å². The van der Waals surface area contributed by atoms with Crippen LogP contribution in [0.2, 0.25) is 0 Å². The van der Waals surface area contributed by atoms with Crippen LogP contribution in [-0.4, -0.2) is 48.2 Å². The molecule has 3 aromatic rings. The van der Waals surface area contributed by atoms with Crippen molar-refractivity contribution in [3.8, 4) is 0 Å². The van der Waals surface area contributed by atoms with Crippen LogP contribution in [0, 0.1) is 0 Å². The van der Waals surface area contributed by atoms with Crippen molar-refractivity contribution in [3.63, 3.8) is 0 Å². The van der Waals surface area contributed by atoms with Crippen LogP contribution in [0.25, 0.3) is 17.1 Å². The number of fused-ring (bicyclic) bond motifs is 1. The van der Waals surface area contributed by atoms with Gasteiger partial charge in [-0.15, -0.1) is 0 Å². The maximum Gasteiger partial charge on any atom is 0.355 e. The van der Waals surface area contributed by atoms with Crippen LogP contribution in [0.4, 0.5) is 0 Å². The molecule has 0 spiro atoms. The Kier molecular flexibility index (Phi) is 7.85. The van der Waals surface area contributed by atoms with Crippen LogP contribution in [0.5, 0.6) is 0 Å². The van der Waals surface area contributed by atoms with Gasteiger partial charge in [0, 0.05) is 27.6 Å². The lowest BCUT2D eigenvalue weighted by Gasteiger charge is -2.12. The minimum absolute atomic E-state index is 0.0104. The number of aromatic nitrogens is 2. The molecule has 0 saturated heterocycles. The SMILES string of the molecule is CCCn1c(COC(=O)/C(=C/c2ccccc2)NC(C)=O)nc2cc(S(=O)(=O)N(C)C)ccc21. The first-order valence-corrected chi connectivity index (χ1v) is 12.2. The zero-order valence-corrected chi connectivity index (χ0v) is 20.4. The number of amides is 1. The molecule has 0 aliphatic carbocycles. The molecule has 3 rings (SSSR count). The van der Waals surface area contributed by atoms with Crippen molar-refractivity contribution in [1.29, 1.82) is 0 Å². The van der Waals surface area contributed by atoms with Crippen LogP contribution in [-0.2, 0) is 37.5 Å². The van der Waals surface area contributed by atoms with Gasteiger partial charge in [-0.05, 0) is 36.3 Å². The van der Waals surface area contributed by atoms with Gasteiger partial charge in [-0.25, -0.2) is 22.5 Å². The fourth-order valence-electron chi connectivity index (χ4n) is 3.37. The largest absolute Gasteiger partial charge is 0.453 e. The number of hydrogen-bond donors (Lipinski definition) is 1. The fourth-order valence-corrected chi connectivity index (χ4v) is 4.30. The van der Waals surface area contributed by atoms with E-state index in [0.717, 1.165) is 21.8 Å². The number of aryl methyl sites for hydroxylation is 1. The Morgan fingerprint density at radius 3 is 2.47 bits per heavy atom. The van der Waals surface area contributed by atoms with Crippen molar-refractivity contribution in [2.75, 3.05) is 14.1 Å². The second-order valence-corrected chi connectivity index (χ2v) is 10.00. The summed E-state index contributed by atoms with van der Waals surface area (Å²) in [5.41, 5.74) is 1.98. The highest BCUT2D eigenvalue weighted by atomic mass is 32.2. The average molecular weight is 485 g/mol. The van der Waals surface area contributed by atoms with Gasteiger partial charge in [0.05, 0.1) is 15.9 Å². The van der Waals surface area contributed by atoms with Crippen LogP contribution in [0.1, 0.15) is 31.7 Å². The molecule has 0 saturated carbocycles. The lowest BCUT2D eigenvalue weighted by atomic mass is 10.2. The predicted molar refractivity (Wildman–Crippen MR) is 129 cm³/mol. The third-order valence-corrected chi connectivity index (χ3v) is 6.81. The van der Waals surface area contributed by atoms with E-state index < -0.39 is 21.9 Å². The van der Waals surface area contributed by atoms with Gasteiger partial charge in [0.15, 0.2) is 0 Å². The molecule has 0 bridgehead atoms. The molecule has 1 amide bonds. The summed E-state index contributed by atoms with van der Waals surface area (Å²) in [6.07, 6.45) is 2.34. The number of sulfonamides is 1. The van der Waals surface area contributed by atoms with E-state index in [1.165, 1.54) is 33.2 Å². The zero-order valence-electron chi connectivity index (χ0n) is 19.6. The molecular formula is C24H28N4O5S. The quantitative estimate of drug-likeness (QED) is 0.369. The van der Waals surface area contributed by atoms with Crippen molar-refractivity contribution >= 4 is 39.0 Å². The maximum absolute atomic E-state index is 12.8. The number of benzene rings is 2. The van der Waals surface area contributed by atoms with Gasteiger partial charge < -0.3 is 14.6 Å². The Bertz CT molecular complexity index is 1330. The summed E-state index contributed by atoms with van der Waals surface area (Å²) in [5.74, 6) is -0.622. The van der Waals surface area contributed by atoms with Gasteiger partial charge in [-0.1, -0.05) is 37.3 Å². The van der Waals surface area contributed by atoms with Gasteiger partial charge in [0.1, 0.15) is 18.1 Å². The maximum atomic E-state index is 12.8. The number of hydrogen-bond acceptors (Lipinski definition) is 6. The molecule has 0 aliphatic heterocycles. The molecule has 10 heteroatoms. The molecular weight excluding hydrogens is 456 g/mol. The minimum atomic E-state index is -3.61. The molecule has 0 aliphatic rings. The minimum Gasteiger partial charge on any atom is -0.453 e. The molecule has 0 atom stereocenters. The number of carbonyl (C=O) groups is 2. The average Bonchev–Trinajstić information content (AvgIpc) is 3.14. The third kappa shape index (κ3) is 5.70. The molecule has 1 heterocycles. The monoisotopic (exact) mass is 484 g/mol. The first-order valence-electron chi connectivity index (χ1n) is 10.8. The summed E-state index contributed by atoms with van der Waals surface area (Å²) in [7, 11) is -0.676. The Labute approximate surface area is 199 Å². The van der Waals surface area contributed by atoms with E-state index in [9.17, 15) is 18.0 Å². The second-order valence-electron chi connectivity index (χ2n) is 7.84. The Morgan fingerprint density at radius 2 is 1.85 bits per heavy atom. The number of nitrogens with zero attached hydrogens (tertiary/aromatic N) is 3. The summed E-state index contributed by atoms with van der Waals surface area (Å²) in [5, 5.41) is 2.51. The summed E-state index contributed by atoms with van der Waals surface area (Å²) in [6.45, 7) is 3.78. The highest BCUT2D eigenvalue weighted by Gasteiger charge is 2.21. The fraction of sp³-hybridized carbons (Fsp3) is 0.292. The van der Waals surface area contributed by atoms with Gasteiger partial charge in [0.25, 0.3) is 0 Å². The normalized spacial score (nSPS) is 12.2. The number of esters is 1. The smallest absolute Gasteiger partial charge is 0.355 e. The van der Waals surface area contributed by atoms with E-state index >= 15 is 0 Å². The first kappa shape index (κ1) is 25.1. The van der Waals surface area contributed by atoms with Gasteiger partial charge in [0.2, 0.25) is 15.9 Å². The van der Waals surface area contributed by atoms with Gasteiger partial charge in [-0.2, -0.15) is 0 Å². The highest BCUT2D eigenvalue weighted by molar-refractivity contribution is 7.89. The topological polar surface area (TPSA) is 111 Å². The first-order chi connectivity index (χ1) is 16.1. The molecule has 2 aromatic carbocycles. The predicted octanol–water partition coefficient (Wildman–Crippen LogP) is 2.92.